The minimum absolute atomic E-state index is 0.162. The fraction of sp³-hybridized carbons (Fsp3) is 0.462. The highest BCUT2D eigenvalue weighted by Gasteiger charge is 2.20. The molecule has 92 valence electrons. The standard InChI is InChI=1S/C13H19N3S/c1-16(11-6-7-17-9-11)8-10-4-2-3-5-12(10)13(14)15/h2-5,11H,6-9H2,1H3,(H3,14,15). The zero-order chi connectivity index (χ0) is 12.3. The largest absolute Gasteiger partial charge is 0.384 e. The van der Waals surface area contributed by atoms with Crippen molar-refractivity contribution in [3.05, 3.63) is 35.4 Å². The Kier molecular flexibility index (Phi) is 4.07. The van der Waals surface area contributed by atoms with Crippen molar-refractivity contribution in [3.63, 3.8) is 0 Å². The van der Waals surface area contributed by atoms with Crippen LogP contribution < -0.4 is 5.73 Å². The van der Waals surface area contributed by atoms with E-state index in [1.807, 2.05) is 30.0 Å². The van der Waals surface area contributed by atoms with Crippen molar-refractivity contribution in [2.75, 3.05) is 18.6 Å². The first-order valence-corrected chi connectivity index (χ1v) is 7.04. The van der Waals surface area contributed by atoms with Gasteiger partial charge in [0, 0.05) is 23.9 Å². The minimum Gasteiger partial charge on any atom is -0.384 e. The van der Waals surface area contributed by atoms with E-state index in [9.17, 15) is 0 Å². The van der Waals surface area contributed by atoms with Crippen LogP contribution in [0, 0.1) is 5.41 Å². The summed E-state index contributed by atoms with van der Waals surface area (Å²) in [6.07, 6.45) is 1.27. The summed E-state index contributed by atoms with van der Waals surface area (Å²) in [4.78, 5) is 2.38. The first-order valence-electron chi connectivity index (χ1n) is 5.89. The molecule has 1 unspecified atom stereocenters. The molecule has 1 aromatic rings. The van der Waals surface area contributed by atoms with Crippen LogP contribution in [0.25, 0.3) is 0 Å². The number of nitrogens with one attached hydrogen (secondary N) is 1. The van der Waals surface area contributed by atoms with Gasteiger partial charge in [-0.3, -0.25) is 10.3 Å². The number of amidine groups is 1. The van der Waals surface area contributed by atoms with Gasteiger partial charge in [0.05, 0.1) is 0 Å². The fourth-order valence-electron chi connectivity index (χ4n) is 2.19. The number of nitrogens with two attached hydrogens (primary N) is 1. The lowest BCUT2D eigenvalue weighted by atomic mass is 10.1. The van der Waals surface area contributed by atoms with Crippen LogP contribution in [-0.2, 0) is 6.54 Å². The van der Waals surface area contributed by atoms with Crippen molar-refractivity contribution in [2.24, 2.45) is 5.73 Å². The Balaban J connectivity index is 2.09. The third-order valence-electron chi connectivity index (χ3n) is 3.26. The Labute approximate surface area is 107 Å². The van der Waals surface area contributed by atoms with Crippen LogP contribution in [0.2, 0.25) is 0 Å². The van der Waals surface area contributed by atoms with Crippen molar-refractivity contribution in [1.82, 2.24) is 4.90 Å². The molecule has 1 heterocycles. The Hall–Kier alpha value is -1.00. The van der Waals surface area contributed by atoms with Crippen molar-refractivity contribution in [3.8, 4) is 0 Å². The second kappa shape index (κ2) is 5.56. The number of benzene rings is 1. The highest BCUT2D eigenvalue weighted by molar-refractivity contribution is 7.99. The molecule has 1 fully saturated rings. The smallest absolute Gasteiger partial charge is 0.123 e. The molecule has 1 aliphatic heterocycles. The normalized spacial score (nSPS) is 19.8. The fourth-order valence-corrected chi connectivity index (χ4v) is 3.49. The highest BCUT2D eigenvalue weighted by atomic mass is 32.2. The van der Waals surface area contributed by atoms with E-state index < -0.39 is 0 Å². The summed E-state index contributed by atoms with van der Waals surface area (Å²) in [5.41, 5.74) is 7.62. The van der Waals surface area contributed by atoms with Crippen LogP contribution in [0.5, 0.6) is 0 Å². The molecule has 1 aromatic carbocycles. The molecule has 0 amide bonds. The van der Waals surface area contributed by atoms with E-state index in [4.69, 9.17) is 11.1 Å². The van der Waals surface area contributed by atoms with E-state index in [2.05, 4.69) is 18.0 Å². The first kappa shape index (κ1) is 12.5. The minimum atomic E-state index is 0.162. The predicted octanol–water partition coefficient (Wildman–Crippen LogP) is 1.91. The van der Waals surface area contributed by atoms with Crippen molar-refractivity contribution in [1.29, 1.82) is 5.41 Å². The van der Waals surface area contributed by atoms with Crippen LogP contribution in [0.1, 0.15) is 17.5 Å². The van der Waals surface area contributed by atoms with Gasteiger partial charge in [-0.1, -0.05) is 24.3 Å². The summed E-state index contributed by atoms with van der Waals surface area (Å²) >= 11 is 2.02. The van der Waals surface area contributed by atoms with Gasteiger partial charge in [-0.15, -0.1) is 0 Å². The molecule has 1 saturated heterocycles. The SMILES string of the molecule is CN(Cc1ccccc1C(=N)N)C1CCSC1. The maximum atomic E-state index is 7.59. The van der Waals surface area contributed by atoms with Crippen molar-refractivity contribution >= 4 is 17.6 Å². The van der Waals surface area contributed by atoms with Gasteiger partial charge in [0.1, 0.15) is 5.84 Å². The average molecular weight is 249 g/mol. The number of hydrogen-bond donors (Lipinski definition) is 2. The van der Waals surface area contributed by atoms with Gasteiger partial charge in [-0.2, -0.15) is 11.8 Å². The molecule has 0 aromatic heterocycles. The van der Waals surface area contributed by atoms with Gasteiger partial charge in [0.15, 0.2) is 0 Å². The number of rotatable bonds is 4. The lowest BCUT2D eigenvalue weighted by Crippen LogP contribution is -2.31. The lowest BCUT2D eigenvalue weighted by Gasteiger charge is -2.24. The van der Waals surface area contributed by atoms with Crippen molar-refractivity contribution in [2.45, 2.75) is 19.0 Å². The molecule has 0 radical (unpaired) electrons. The second-order valence-corrected chi connectivity index (χ2v) is 5.65. The molecule has 4 heteroatoms. The maximum absolute atomic E-state index is 7.59. The van der Waals surface area contributed by atoms with E-state index in [-0.39, 0.29) is 5.84 Å². The number of nitrogens with zero attached hydrogens (tertiary/aromatic N) is 1. The molecule has 0 spiro atoms. The second-order valence-electron chi connectivity index (χ2n) is 4.50. The van der Waals surface area contributed by atoms with Gasteiger partial charge >= 0.3 is 0 Å². The summed E-state index contributed by atoms with van der Waals surface area (Å²) in [5.74, 6) is 2.65. The molecule has 1 atom stereocenters. The van der Waals surface area contributed by atoms with Crippen LogP contribution in [0.4, 0.5) is 0 Å². The molecule has 0 bridgehead atoms. The Morgan fingerprint density at radius 3 is 2.94 bits per heavy atom. The van der Waals surface area contributed by atoms with E-state index in [1.54, 1.807) is 0 Å². The molecule has 0 aliphatic carbocycles. The van der Waals surface area contributed by atoms with Gasteiger partial charge in [-0.05, 0) is 24.8 Å². The number of nitrogen functional groups attached to an aromatic ring is 1. The monoisotopic (exact) mass is 249 g/mol. The number of thioether (sulfide) groups is 1. The zero-order valence-corrected chi connectivity index (χ0v) is 11.0. The van der Waals surface area contributed by atoms with Gasteiger partial charge in [0.25, 0.3) is 0 Å². The summed E-state index contributed by atoms with van der Waals surface area (Å²) < 4.78 is 0. The third-order valence-corrected chi connectivity index (χ3v) is 4.40. The van der Waals surface area contributed by atoms with E-state index in [0.717, 1.165) is 17.7 Å². The van der Waals surface area contributed by atoms with E-state index >= 15 is 0 Å². The Morgan fingerprint density at radius 1 is 1.53 bits per heavy atom. The van der Waals surface area contributed by atoms with Gasteiger partial charge in [-0.25, -0.2) is 0 Å². The molecule has 0 saturated carbocycles. The Bertz CT molecular complexity index is 399. The molecule has 17 heavy (non-hydrogen) atoms. The molecule has 2 rings (SSSR count). The summed E-state index contributed by atoms with van der Waals surface area (Å²) in [6.45, 7) is 0.876. The van der Waals surface area contributed by atoms with E-state index in [1.165, 1.54) is 17.9 Å². The molecular weight excluding hydrogens is 230 g/mol. The predicted molar refractivity (Wildman–Crippen MR) is 74.7 cm³/mol. The highest BCUT2D eigenvalue weighted by Crippen LogP contribution is 2.23. The maximum Gasteiger partial charge on any atom is 0.123 e. The first-order chi connectivity index (χ1) is 8.18. The summed E-state index contributed by atoms with van der Waals surface area (Å²) in [6, 6.07) is 8.61. The van der Waals surface area contributed by atoms with Crippen LogP contribution in [0.15, 0.2) is 24.3 Å². The van der Waals surface area contributed by atoms with Gasteiger partial charge in [0.2, 0.25) is 0 Å². The quantitative estimate of drug-likeness (QED) is 0.633. The average Bonchev–Trinajstić information content (AvgIpc) is 2.83. The zero-order valence-electron chi connectivity index (χ0n) is 10.1. The van der Waals surface area contributed by atoms with E-state index in [0.29, 0.717) is 6.04 Å². The van der Waals surface area contributed by atoms with Crippen LogP contribution in [-0.4, -0.2) is 35.3 Å². The molecule has 1 aliphatic rings. The summed E-state index contributed by atoms with van der Waals surface area (Å²) in [7, 11) is 2.16. The molecular formula is C13H19N3S. The van der Waals surface area contributed by atoms with Crippen LogP contribution >= 0.6 is 11.8 Å². The topological polar surface area (TPSA) is 53.1 Å². The van der Waals surface area contributed by atoms with Crippen LogP contribution in [0.3, 0.4) is 0 Å². The van der Waals surface area contributed by atoms with Crippen molar-refractivity contribution < 1.29 is 0 Å². The Morgan fingerprint density at radius 2 is 2.29 bits per heavy atom. The van der Waals surface area contributed by atoms with Gasteiger partial charge < -0.3 is 5.73 Å². The summed E-state index contributed by atoms with van der Waals surface area (Å²) in [5, 5.41) is 7.59. The molecule has 3 nitrogen and oxygen atoms in total. The third kappa shape index (κ3) is 3.01. The molecule has 3 N–H and O–H groups in total. The lowest BCUT2D eigenvalue weighted by molar-refractivity contribution is 0.254. The number of hydrogen-bond acceptors (Lipinski definition) is 3.